The first-order chi connectivity index (χ1) is 20.3. The van der Waals surface area contributed by atoms with Gasteiger partial charge in [-0.05, 0) is 68.4 Å². The zero-order valence-corrected chi connectivity index (χ0v) is 25.7. The van der Waals surface area contributed by atoms with E-state index in [4.69, 9.17) is 27.1 Å². The van der Waals surface area contributed by atoms with Crippen molar-refractivity contribution < 1.29 is 9.13 Å². The Morgan fingerprint density at radius 1 is 1.12 bits per heavy atom. The molecule has 0 aliphatic rings. The average molecular weight is 589 g/mol. The zero-order chi connectivity index (χ0) is 30.3. The molecule has 0 fully saturated rings. The van der Waals surface area contributed by atoms with Crippen LogP contribution in [0.4, 0.5) is 10.1 Å². The molecule has 0 spiro atoms. The van der Waals surface area contributed by atoms with Crippen molar-refractivity contribution in [2.45, 2.75) is 46.6 Å². The van der Waals surface area contributed by atoms with Crippen molar-refractivity contribution in [2.75, 3.05) is 25.6 Å². The number of aromatic nitrogens is 1. The van der Waals surface area contributed by atoms with Crippen LogP contribution in [-0.4, -0.2) is 41.3 Å². The second-order valence-corrected chi connectivity index (χ2v) is 10.5. The highest BCUT2D eigenvalue weighted by Crippen LogP contribution is 2.24. The molecule has 2 aromatic carbocycles. The molecule has 0 unspecified atom stereocenters. The number of rotatable bonds is 16. The molecule has 1 aromatic heterocycles. The Balaban J connectivity index is 1.70. The summed E-state index contributed by atoms with van der Waals surface area (Å²) in [4.78, 5) is 11.9. The second-order valence-electron chi connectivity index (χ2n) is 10.1. The molecule has 7 heteroatoms. The second kappa shape index (κ2) is 17.3. The minimum absolute atomic E-state index is 0.0539. The van der Waals surface area contributed by atoms with E-state index in [1.54, 1.807) is 12.2 Å². The van der Waals surface area contributed by atoms with Gasteiger partial charge in [-0.15, -0.1) is 11.6 Å². The first-order valence-electron chi connectivity index (χ1n) is 14.4. The fourth-order valence-corrected chi connectivity index (χ4v) is 4.66. The van der Waals surface area contributed by atoms with E-state index in [9.17, 15) is 4.39 Å². The summed E-state index contributed by atoms with van der Waals surface area (Å²) in [5, 5.41) is 0. The predicted octanol–water partition coefficient (Wildman–Crippen LogP) is 8.03. The van der Waals surface area contributed by atoms with Gasteiger partial charge in [0.25, 0.3) is 0 Å². The molecule has 3 rings (SSSR count). The molecule has 0 amide bonds. The minimum Gasteiger partial charge on any atom is -0.489 e. The third-order valence-corrected chi connectivity index (χ3v) is 6.87. The van der Waals surface area contributed by atoms with Crippen LogP contribution < -0.4 is 10.5 Å². The van der Waals surface area contributed by atoms with Crippen LogP contribution in [-0.2, 0) is 19.4 Å². The van der Waals surface area contributed by atoms with Crippen LogP contribution >= 0.6 is 11.6 Å². The molecule has 5 nitrogen and oxygen atoms in total. The maximum Gasteiger partial charge on any atom is 0.129 e. The normalized spacial score (nSPS) is 12.6. The summed E-state index contributed by atoms with van der Waals surface area (Å²) >= 11 is 5.74. The van der Waals surface area contributed by atoms with Gasteiger partial charge < -0.3 is 10.5 Å². The Morgan fingerprint density at radius 3 is 2.57 bits per heavy atom. The van der Waals surface area contributed by atoms with Gasteiger partial charge in [-0.3, -0.25) is 9.88 Å². The first-order valence-corrected chi connectivity index (χ1v) is 14.9. The van der Waals surface area contributed by atoms with E-state index in [-0.39, 0.29) is 12.5 Å². The SMILES string of the molecule is C=C/C(F)=C(\C=C/CCl)COc1ccc(C)cc1Cc1cccc(CC(N)=Nc2ccc(CN(CC)CCC)cc2)n1. The van der Waals surface area contributed by atoms with Crippen LogP contribution in [0.15, 0.2) is 102 Å². The summed E-state index contributed by atoms with van der Waals surface area (Å²) in [5.41, 5.74) is 12.6. The molecule has 0 aliphatic carbocycles. The van der Waals surface area contributed by atoms with Crippen LogP contribution in [0.3, 0.4) is 0 Å². The van der Waals surface area contributed by atoms with Crippen LogP contribution in [0.5, 0.6) is 5.75 Å². The summed E-state index contributed by atoms with van der Waals surface area (Å²) in [5.74, 6) is 1.01. The molecule has 222 valence electrons. The van der Waals surface area contributed by atoms with E-state index in [1.807, 2.05) is 49.4 Å². The molecule has 0 aliphatic heterocycles. The lowest BCUT2D eigenvalue weighted by molar-refractivity contribution is 0.280. The number of halogens is 2. The summed E-state index contributed by atoms with van der Waals surface area (Å²) in [7, 11) is 0. The number of benzene rings is 2. The van der Waals surface area contributed by atoms with Gasteiger partial charge in [-0.25, -0.2) is 9.38 Å². The van der Waals surface area contributed by atoms with Crippen LogP contribution in [0.1, 0.15) is 48.3 Å². The van der Waals surface area contributed by atoms with Gasteiger partial charge in [0.15, 0.2) is 0 Å². The van der Waals surface area contributed by atoms with Crippen molar-refractivity contribution in [1.29, 1.82) is 0 Å². The Hall–Kier alpha value is -3.74. The summed E-state index contributed by atoms with van der Waals surface area (Å²) in [6, 6.07) is 20.1. The first kappa shape index (κ1) is 32.8. The van der Waals surface area contributed by atoms with Crippen molar-refractivity contribution in [2.24, 2.45) is 10.7 Å². The van der Waals surface area contributed by atoms with Crippen LogP contribution in [0.2, 0.25) is 0 Å². The van der Waals surface area contributed by atoms with E-state index in [0.717, 1.165) is 54.3 Å². The Kier molecular flexibility index (Phi) is 13.5. The monoisotopic (exact) mass is 588 g/mol. The highest BCUT2D eigenvalue weighted by Gasteiger charge is 2.10. The van der Waals surface area contributed by atoms with Gasteiger partial charge >= 0.3 is 0 Å². The number of allylic oxidation sites excluding steroid dienone is 3. The molecular formula is C35H42ClFN4O. The highest BCUT2D eigenvalue weighted by molar-refractivity contribution is 6.18. The van der Waals surface area contributed by atoms with Gasteiger partial charge in [-0.1, -0.05) is 68.5 Å². The molecule has 1 heterocycles. The Bertz CT molecular complexity index is 1400. The number of pyridine rings is 1. The fraction of sp³-hybridized carbons (Fsp3) is 0.314. The van der Waals surface area contributed by atoms with Gasteiger partial charge in [0.1, 0.15) is 24.0 Å². The third-order valence-electron chi connectivity index (χ3n) is 6.69. The highest BCUT2D eigenvalue weighted by atomic mass is 35.5. The standard InChI is InChI=1S/C35H42ClFN4O/c1-5-20-41(7-3)24-27-14-16-30(17-15-27)40-35(38)23-32-12-8-11-31(39-32)22-29-21-26(4)13-18-34(29)42-25-28(10-9-19-36)33(37)6-2/h6,8-18,21H,2,5,7,19-20,22-25H2,1,3-4H3,(H2,38,40)/b10-9-,33-28-. The fourth-order valence-electron chi connectivity index (χ4n) is 4.57. The number of nitrogens with zero attached hydrogens (tertiary/aromatic N) is 3. The molecule has 0 bridgehead atoms. The van der Waals surface area contributed by atoms with Crippen molar-refractivity contribution >= 4 is 23.1 Å². The van der Waals surface area contributed by atoms with E-state index in [0.29, 0.717) is 30.0 Å². The molecule has 2 N–H and O–H groups in total. The lowest BCUT2D eigenvalue weighted by Gasteiger charge is -2.19. The number of ether oxygens (including phenoxy) is 1. The molecule has 0 saturated carbocycles. The van der Waals surface area contributed by atoms with Crippen molar-refractivity contribution in [3.05, 3.63) is 125 Å². The van der Waals surface area contributed by atoms with Gasteiger partial charge in [0.2, 0.25) is 0 Å². The Labute approximate surface area is 255 Å². The average Bonchev–Trinajstić information content (AvgIpc) is 2.98. The minimum atomic E-state index is -0.440. The summed E-state index contributed by atoms with van der Waals surface area (Å²) in [6.45, 7) is 13.1. The third kappa shape index (κ3) is 10.6. The van der Waals surface area contributed by atoms with Crippen molar-refractivity contribution in [1.82, 2.24) is 9.88 Å². The largest absolute Gasteiger partial charge is 0.489 e. The van der Waals surface area contributed by atoms with Crippen LogP contribution in [0, 0.1) is 6.92 Å². The summed E-state index contributed by atoms with van der Waals surface area (Å²) in [6.07, 6.45) is 6.60. The predicted molar refractivity (Wildman–Crippen MR) is 175 cm³/mol. The molecule has 3 aromatic rings. The van der Waals surface area contributed by atoms with Crippen molar-refractivity contribution in [3.63, 3.8) is 0 Å². The molecule has 0 saturated heterocycles. The van der Waals surface area contributed by atoms with Gasteiger partial charge in [0, 0.05) is 47.8 Å². The number of nitrogens with two attached hydrogens (primary N) is 1. The maximum absolute atomic E-state index is 14.3. The quantitative estimate of drug-likeness (QED) is 0.0796. The number of alkyl halides is 1. The lowest BCUT2D eigenvalue weighted by atomic mass is 10.0. The van der Waals surface area contributed by atoms with Gasteiger partial charge in [0.05, 0.1) is 5.69 Å². The van der Waals surface area contributed by atoms with E-state index in [1.165, 1.54) is 11.6 Å². The van der Waals surface area contributed by atoms with Crippen LogP contribution in [0.25, 0.3) is 0 Å². The van der Waals surface area contributed by atoms with E-state index in [2.05, 4.69) is 48.5 Å². The number of amidine groups is 1. The Morgan fingerprint density at radius 2 is 1.88 bits per heavy atom. The topological polar surface area (TPSA) is 63.7 Å². The lowest BCUT2D eigenvalue weighted by Crippen LogP contribution is -2.23. The smallest absolute Gasteiger partial charge is 0.129 e. The number of hydrogen-bond donors (Lipinski definition) is 1. The molecule has 0 radical (unpaired) electrons. The summed E-state index contributed by atoms with van der Waals surface area (Å²) < 4.78 is 20.3. The number of hydrogen-bond acceptors (Lipinski definition) is 4. The molecular weight excluding hydrogens is 547 g/mol. The number of aliphatic imine (C=N–C) groups is 1. The van der Waals surface area contributed by atoms with Crippen molar-refractivity contribution in [3.8, 4) is 5.75 Å². The molecule has 42 heavy (non-hydrogen) atoms. The van der Waals surface area contributed by atoms with Gasteiger partial charge in [-0.2, -0.15) is 0 Å². The number of aryl methyl sites for hydroxylation is 1. The van der Waals surface area contributed by atoms with E-state index < -0.39 is 5.83 Å². The van der Waals surface area contributed by atoms with E-state index >= 15 is 0 Å². The zero-order valence-electron chi connectivity index (χ0n) is 25.0. The maximum atomic E-state index is 14.3. The molecule has 0 atom stereocenters.